The molecule has 0 saturated heterocycles. The van der Waals surface area contributed by atoms with Gasteiger partial charge < -0.3 is 0 Å². The van der Waals surface area contributed by atoms with Gasteiger partial charge in [0.05, 0.1) is 0 Å². The zero-order chi connectivity index (χ0) is 9.68. The van der Waals surface area contributed by atoms with Crippen LogP contribution in [-0.2, 0) is 6.42 Å². The minimum atomic E-state index is 0.263. The third-order valence-corrected chi connectivity index (χ3v) is 2.19. The highest BCUT2D eigenvalue weighted by Crippen LogP contribution is 2.14. The topological polar surface area (TPSA) is 12.9 Å². The van der Waals surface area contributed by atoms with Gasteiger partial charge in [-0.3, -0.25) is 4.98 Å². The molecule has 0 aliphatic rings. The molecule has 0 saturated carbocycles. The van der Waals surface area contributed by atoms with E-state index in [2.05, 4.69) is 18.0 Å². The highest BCUT2D eigenvalue weighted by atomic mass is 35.5. The Morgan fingerprint density at radius 2 is 2.15 bits per heavy atom. The molecular weight excluding hydrogens is 182 g/mol. The van der Waals surface area contributed by atoms with Gasteiger partial charge in [0, 0.05) is 17.3 Å². The molecule has 0 bridgehead atoms. The van der Waals surface area contributed by atoms with E-state index < -0.39 is 0 Å². The van der Waals surface area contributed by atoms with Gasteiger partial charge in [-0.05, 0) is 37.8 Å². The summed E-state index contributed by atoms with van der Waals surface area (Å²) in [6.45, 7) is 4.25. The zero-order valence-corrected chi connectivity index (χ0v) is 8.96. The molecule has 0 spiro atoms. The summed E-state index contributed by atoms with van der Waals surface area (Å²) in [4.78, 5) is 4.28. The summed E-state index contributed by atoms with van der Waals surface area (Å²) in [6, 6.07) is 6.03. The lowest BCUT2D eigenvalue weighted by Gasteiger charge is -2.11. The molecule has 0 radical (unpaired) electrons. The van der Waals surface area contributed by atoms with Crippen LogP contribution in [0.5, 0.6) is 0 Å². The highest BCUT2D eigenvalue weighted by Gasteiger charge is 2.07. The quantitative estimate of drug-likeness (QED) is 0.676. The first-order valence-corrected chi connectivity index (χ1v) is 5.16. The van der Waals surface area contributed by atoms with Gasteiger partial charge >= 0.3 is 0 Å². The molecule has 2 atom stereocenters. The maximum Gasteiger partial charge on any atom is 0.0406 e. The Hall–Kier alpha value is -0.560. The monoisotopic (exact) mass is 197 g/mol. The zero-order valence-electron chi connectivity index (χ0n) is 8.20. The molecule has 1 heterocycles. The second-order valence-electron chi connectivity index (χ2n) is 3.65. The predicted octanol–water partition coefficient (Wildman–Crippen LogP) is 3.28. The van der Waals surface area contributed by atoms with Crippen LogP contribution in [0.2, 0.25) is 0 Å². The smallest absolute Gasteiger partial charge is 0.0406 e. The van der Waals surface area contributed by atoms with E-state index in [1.165, 1.54) is 0 Å². The van der Waals surface area contributed by atoms with Gasteiger partial charge in [-0.25, -0.2) is 0 Å². The van der Waals surface area contributed by atoms with Gasteiger partial charge in [-0.2, -0.15) is 0 Å². The Morgan fingerprint density at radius 3 is 2.69 bits per heavy atom. The fourth-order valence-electron chi connectivity index (χ4n) is 1.51. The first-order valence-electron chi connectivity index (χ1n) is 4.72. The SMILES string of the molecule is CC(Cl)CC(C)Cc1ccccn1. The molecule has 1 aromatic heterocycles. The van der Waals surface area contributed by atoms with Crippen molar-refractivity contribution in [3.05, 3.63) is 30.1 Å². The minimum absolute atomic E-state index is 0.263. The van der Waals surface area contributed by atoms with E-state index in [1.807, 2.05) is 25.3 Å². The largest absolute Gasteiger partial charge is 0.261 e. The first kappa shape index (κ1) is 10.5. The number of aromatic nitrogens is 1. The van der Waals surface area contributed by atoms with E-state index in [4.69, 9.17) is 11.6 Å². The van der Waals surface area contributed by atoms with E-state index in [0.717, 1.165) is 18.5 Å². The molecule has 72 valence electrons. The third-order valence-electron chi connectivity index (χ3n) is 2.01. The summed E-state index contributed by atoms with van der Waals surface area (Å²) < 4.78 is 0. The number of hydrogen-bond acceptors (Lipinski definition) is 1. The average Bonchev–Trinajstić information content (AvgIpc) is 2.04. The third kappa shape index (κ3) is 4.28. The van der Waals surface area contributed by atoms with E-state index in [1.54, 1.807) is 0 Å². The molecule has 0 aliphatic carbocycles. The number of alkyl halides is 1. The molecule has 2 heteroatoms. The first-order chi connectivity index (χ1) is 6.18. The van der Waals surface area contributed by atoms with E-state index in [-0.39, 0.29) is 5.38 Å². The van der Waals surface area contributed by atoms with Crippen molar-refractivity contribution in [3.8, 4) is 0 Å². The van der Waals surface area contributed by atoms with Crippen LogP contribution < -0.4 is 0 Å². The van der Waals surface area contributed by atoms with Crippen LogP contribution in [0.1, 0.15) is 26.0 Å². The Bertz CT molecular complexity index is 233. The van der Waals surface area contributed by atoms with Crippen molar-refractivity contribution >= 4 is 11.6 Å². The summed E-state index contributed by atoms with van der Waals surface area (Å²) >= 11 is 5.92. The summed E-state index contributed by atoms with van der Waals surface area (Å²) in [5.74, 6) is 0.613. The lowest BCUT2D eigenvalue weighted by atomic mass is 10.00. The molecule has 13 heavy (non-hydrogen) atoms. The van der Waals surface area contributed by atoms with Gasteiger partial charge in [0.25, 0.3) is 0 Å². The van der Waals surface area contributed by atoms with Crippen molar-refractivity contribution in [2.75, 3.05) is 0 Å². The number of halogens is 1. The maximum atomic E-state index is 5.92. The van der Waals surface area contributed by atoms with Crippen LogP contribution in [0.25, 0.3) is 0 Å². The van der Waals surface area contributed by atoms with Crippen molar-refractivity contribution in [2.45, 2.75) is 32.1 Å². The molecular formula is C11H16ClN. The molecule has 0 aliphatic heterocycles. The summed E-state index contributed by atoms with van der Waals surface area (Å²) in [5.41, 5.74) is 1.16. The normalized spacial score (nSPS) is 15.3. The standard InChI is InChI=1S/C11H16ClN/c1-9(7-10(2)12)8-11-5-3-4-6-13-11/h3-6,9-10H,7-8H2,1-2H3. The van der Waals surface area contributed by atoms with E-state index in [0.29, 0.717) is 5.92 Å². The number of hydrogen-bond donors (Lipinski definition) is 0. The van der Waals surface area contributed by atoms with Crippen molar-refractivity contribution in [1.82, 2.24) is 4.98 Å². The molecule has 1 rings (SSSR count). The molecule has 0 fully saturated rings. The summed E-state index contributed by atoms with van der Waals surface area (Å²) in [6.07, 6.45) is 3.92. The van der Waals surface area contributed by atoms with Crippen LogP contribution >= 0.6 is 11.6 Å². The second kappa shape index (κ2) is 5.23. The second-order valence-corrected chi connectivity index (χ2v) is 4.39. The fraction of sp³-hybridized carbons (Fsp3) is 0.545. The summed E-state index contributed by atoms with van der Waals surface area (Å²) in [7, 11) is 0. The van der Waals surface area contributed by atoms with Crippen molar-refractivity contribution in [2.24, 2.45) is 5.92 Å². The fourth-order valence-corrected chi connectivity index (χ4v) is 1.82. The lowest BCUT2D eigenvalue weighted by Crippen LogP contribution is -2.06. The van der Waals surface area contributed by atoms with Gasteiger partial charge in [-0.15, -0.1) is 11.6 Å². The van der Waals surface area contributed by atoms with Crippen molar-refractivity contribution in [3.63, 3.8) is 0 Å². The Labute approximate surface area is 85.1 Å². The van der Waals surface area contributed by atoms with Crippen LogP contribution in [-0.4, -0.2) is 10.4 Å². The van der Waals surface area contributed by atoms with E-state index in [9.17, 15) is 0 Å². The molecule has 0 aromatic carbocycles. The number of pyridine rings is 1. The van der Waals surface area contributed by atoms with Crippen LogP contribution in [0.4, 0.5) is 0 Å². The van der Waals surface area contributed by atoms with Gasteiger partial charge in [0.15, 0.2) is 0 Å². The Kier molecular flexibility index (Phi) is 4.23. The average molecular weight is 198 g/mol. The van der Waals surface area contributed by atoms with Gasteiger partial charge in [0.1, 0.15) is 0 Å². The number of nitrogens with zero attached hydrogens (tertiary/aromatic N) is 1. The Balaban J connectivity index is 2.41. The van der Waals surface area contributed by atoms with Gasteiger partial charge in [-0.1, -0.05) is 13.0 Å². The minimum Gasteiger partial charge on any atom is -0.261 e. The van der Waals surface area contributed by atoms with Crippen LogP contribution in [0.3, 0.4) is 0 Å². The molecule has 1 aromatic rings. The maximum absolute atomic E-state index is 5.92. The molecule has 2 unspecified atom stereocenters. The highest BCUT2D eigenvalue weighted by molar-refractivity contribution is 6.20. The van der Waals surface area contributed by atoms with Crippen LogP contribution in [0.15, 0.2) is 24.4 Å². The van der Waals surface area contributed by atoms with Crippen molar-refractivity contribution in [1.29, 1.82) is 0 Å². The van der Waals surface area contributed by atoms with Crippen molar-refractivity contribution < 1.29 is 0 Å². The molecule has 0 amide bonds. The predicted molar refractivity (Wildman–Crippen MR) is 57.0 cm³/mol. The molecule has 1 nitrogen and oxygen atoms in total. The van der Waals surface area contributed by atoms with E-state index >= 15 is 0 Å². The lowest BCUT2D eigenvalue weighted by molar-refractivity contribution is 0.520. The van der Waals surface area contributed by atoms with Crippen LogP contribution in [0, 0.1) is 5.92 Å². The summed E-state index contributed by atoms with van der Waals surface area (Å²) in [5, 5.41) is 0.263. The van der Waals surface area contributed by atoms with Gasteiger partial charge in [0.2, 0.25) is 0 Å². The molecule has 0 N–H and O–H groups in total. The Morgan fingerprint density at radius 1 is 1.38 bits per heavy atom. The number of rotatable bonds is 4.